The number of nitrogens with zero attached hydrogens (tertiary/aromatic N) is 1. The number of ether oxygens (including phenoxy) is 1. The van der Waals surface area contributed by atoms with E-state index in [1.165, 1.54) is 6.07 Å². The van der Waals surface area contributed by atoms with Gasteiger partial charge in [-0.2, -0.15) is 13.2 Å². The molecule has 1 amide bonds. The van der Waals surface area contributed by atoms with Gasteiger partial charge in [-0.1, -0.05) is 11.6 Å². The van der Waals surface area contributed by atoms with Crippen LogP contribution < -0.4 is 4.74 Å². The zero-order valence-corrected chi connectivity index (χ0v) is 13.4. The van der Waals surface area contributed by atoms with Crippen LogP contribution in [-0.4, -0.2) is 47.8 Å². The Labute approximate surface area is 141 Å². The molecule has 132 valence electrons. The Morgan fingerprint density at radius 3 is 2.58 bits per heavy atom. The first-order valence-electron chi connectivity index (χ1n) is 7.04. The van der Waals surface area contributed by atoms with Gasteiger partial charge in [0.05, 0.1) is 0 Å². The summed E-state index contributed by atoms with van der Waals surface area (Å²) < 4.78 is 44.5. The molecular weight excluding hydrogens is 351 g/mol. The lowest BCUT2D eigenvalue weighted by Crippen LogP contribution is -2.48. The van der Waals surface area contributed by atoms with Gasteiger partial charge in [0.25, 0.3) is 5.91 Å². The van der Waals surface area contributed by atoms with Crippen LogP contribution in [0.15, 0.2) is 18.2 Å². The highest BCUT2D eigenvalue weighted by Gasteiger charge is 2.64. The molecule has 1 aliphatic heterocycles. The zero-order chi connectivity index (χ0) is 18.1. The molecule has 0 bridgehead atoms. The Balaban J connectivity index is 2.01. The van der Waals surface area contributed by atoms with Gasteiger partial charge in [-0.05, 0) is 37.1 Å². The molecule has 1 N–H and O–H groups in total. The molecule has 2 rings (SSSR count). The lowest BCUT2D eigenvalue weighted by molar-refractivity contribution is -0.227. The number of carbonyl (C=O) groups excluding carboxylic acids is 1. The minimum atomic E-state index is -4.93. The van der Waals surface area contributed by atoms with Crippen molar-refractivity contribution < 1.29 is 32.6 Å². The van der Waals surface area contributed by atoms with Gasteiger partial charge in [0.15, 0.2) is 12.0 Å². The molecule has 1 aromatic carbocycles. The van der Waals surface area contributed by atoms with Crippen LogP contribution in [0.5, 0.6) is 5.75 Å². The summed E-state index contributed by atoms with van der Waals surface area (Å²) in [6.45, 7) is 0.0674. The smallest absolute Gasteiger partial charge is 0.406 e. The van der Waals surface area contributed by atoms with Crippen molar-refractivity contribution >= 4 is 23.5 Å². The fourth-order valence-corrected chi connectivity index (χ4v) is 2.61. The Kier molecular flexibility index (Phi) is 4.98. The summed E-state index contributed by atoms with van der Waals surface area (Å²) in [4.78, 5) is 24.0. The molecule has 0 radical (unpaired) electrons. The maximum atomic E-state index is 13.1. The zero-order valence-electron chi connectivity index (χ0n) is 12.7. The van der Waals surface area contributed by atoms with E-state index in [2.05, 4.69) is 0 Å². The summed E-state index contributed by atoms with van der Waals surface area (Å²) >= 11 is 5.86. The van der Waals surface area contributed by atoms with Crippen LogP contribution in [0.2, 0.25) is 5.02 Å². The number of benzene rings is 1. The average Bonchev–Trinajstić information content (AvgIpc) is 2.94. The monoisotopic (exact) mass is 365 g/mol. The van der Waals surface area contributed by atoms with E-state index in [1.54, 1.807) is 19.1 Å². The van der Waals surface area contributed by atoms with Gasteiger partial charge in [-0.25, -0.2) is 0 Å². The number of likely N-dealkylation sites (tertiary alicyclic amines) is 1. The molecule has 1 fully saturated rings. The SMILES string of the molecule is Cc1cc(OCC(=O)N2CCC(C(=O)O)(C(F)(F)F)C2)ccc1Cl. The fraction of sp³-hybridized carbons (Fsp3) is 0.467. The van der Waals surface area contributed by atoms with Crippen molar-refractivity contribution in [3.05, 3.63) is 28.8 Å². The first-order chi connectivity index (χ1) is 11.1. The number of hydrogen-bond donors (Lipinski definition) is 1. The first kappa shape index (κ1) is 18.4. The van der Waals surface area contributed by atoms with Crippen molar-refractivity contribution in [2.24, 2.45) is 5.41 Å². The number of amides is 1. The van der Waals surface area contributed by atoms with Gasteiger partial charge in [-0.3, -0.25) is 9.59 Å². The lowest BCUT2D eigenvalue weighted by Gasteiger charge is -2.27. The molecule has 1 heterocycles. The summed E-state index contributed by atoms with van der Waals surface area (Å²) in [5.74, 6) is -2.32. The van der Waals surface area contributed by atoms with Crippen LogP contribution in [0, 0.1) is 12.3 Å². The summed E-state index contributed by atoms with van der Waals surface area (Å²) in [7, 11) is 0. The topological polar surface area (TPSA) is 66.8 Å². The lowest BCUT2D eigenvalue weighted by atomic mass is 9.86. The summed E-state index contributed by atoms with van der Waals surface area (Å²) in [5.41, 5.74) is -2.19. The van der Waals surface area contributed by atoms with Gasteiger partial charge in [0.1, 0.15) is 5.75 Å². The van der Waals surface area contributed by atoms with Crippen LogP contribution in [0.3, 0.4) is 0 Å². The second-order valence-electron chi connectivity index (χ2n) is 5.65. The highest BCUT2D eigenvalue weighted by Crippen LogP contribution is 2.45. The maximum absolute atomic E-state index is 13.1. The van der Waals surface area contributed by atoms with Crippen molar-refractivity contribution in [2.45, 2.75) is 19.5 Å². The molecule has 1 aliphatic rings. The molecule has 1 aromatic rings. The van der Waals surface area contributed by atoms with Gasteiger partial charge in [-0.15, -0.1) is 0 Å². The third-order valence-corrected chi connectivity index (χ3v) is 4.49. The molecule has 1 atom stereocenters. The molecule has 0 aliphatic carbocycles. The third-order valence-electron chi connectivity index (χ3n) is 4.07. The van der Waals surface area contributed by atoms with Gasteiger partial charge < -0.3 is 14.7 Å². The Bertz CT molecular complexity index is 665. The molecule has 24 heavy (non-hydrogen) atoms. The van der Waals surface area contributed by atoms with E-state index in [4.69, 9.17) is 21.4 Å². The first-order valence-corrected chi connectivity index (χ1v) is 7.41. The fourth-order valence-electron chi connectivity index (χ4n) is 2.49. The molecule has 0 spiro atoms. The van der Waals surface area contributed by atoms with Crippen molar-refractivity contribution in [1.29, 1.82) is 0 Å². The maximum Gasteiger partial charge on any atom is 0.406 e. The predicted octanol–water partition coefficient (Wildman–Crippen LogP) is 2.89. The number of aryl methyl sites for hydroxylation is 1. The Hall–Kier alpha value is -1.96. The normalized spacial score (nSPS) is 21.0. The minimum absolute atomic E-state index is 0.284. The average molecular weight is 366 g/mol. The molecular formula is C15H15ClF3NO4. The molecule has 0 aromatic heterocycles. The van der Waals surface area contributed by atoms with Crippen LogP contribution in [0.1, 0.15) is 12.0 Å². The summed E-state index contributed by atoms with van der Waals surface area (Å²) in [5, 5.41) is 9.48. The van der Waals surface area contributed by atoms with Crippen molar-refractivity contribution in [2.75, 3.05) is 19.7 Å². The highest BCUT2D eigenvalue weighted by atomic mass is 35.5. The highest BCUT2D eigenvalue weighted by molar-refractivity contribution is 6.31. The van der Waals surface area contributed by atoms with E-state index in [0.717, 1.165) is 10.5 Å². The second kappa shape index (κ2) is 6.51. The van der Waals surface area contributed by atoms with E-state index in [0.29, 0.717) is 10.8 Å². The third kappa shape index (κ3) is 3.43. The van der Waals surface area contributed by atoms with Crippen LogP contribution in [-0.2, 0) is 9.59 Å². The molecule has 5 nitrogen and oxygen atoms in total. The summed E-state index contributed by atoms with van der Waals surface area (Å²) in [6, 6.07) is 4.70. The largest absolute Gasteiger partial charge is 0.484 e. The van der Waals surface area contributed by atoms with Gasteiger partial charge in [0, 0.05) is 18.1 Å². The molecule has 1 unspecified atom stereocenters. The van der Waals surface area contributed by atoms with Gasteiger partial charge >= 0.3 is 12.1 Å². The number of halogens is 4. The number of aliphatic carboxylic acids is 1. The second-order valence-corrected chi connectivity index (χ2v) is 6.06. The van der Waals surface area contributed by atoms with Crippen LogP contribution in [0.4, 0.5) is 13.2 Å². The van der Waals surface area contributed by atoms with E-state index in [1.807, 2.05) is 0 Å². The Morgan fingerprint density at radius 1 is 1.42 bits per heavy atom. The summed E-state index contributed by atoms with van der Waals surface area (Å²) in [6.07, 6.45) is -5.60. The van der Waals surface area contributed by atoms with Crippen molar-refractivity contribution in [3.63, 3.8) is 0 Å². The number of carbonyl (C=O) groups is 2. The molecule has 9 heteroatoms. The molecule has 1 saturated heterocycles. The minimum Gasteiger partial charge on any atom is -0.484 e. The van der Waals surface area contributed by atoms with Crippen molar-refractivity contribution in [3.8, 4) is 5.75 Å². The number of carboxylic acid groups (broad SMARTS) is 1. The number of rotatable bonds is 4. The Morgan fingerprint density at radius 2 is 2.08 bits per heavy atom. The van der Waals surface area contributed by atoms with E-state index < -0.39 is 43.0 Å². The van der Waals surface area contributed by atoms with Crippen LogP contribution >= 0.6 is 11.6 Å². The standard InChI is InChI=1S/C15H15ClF3NO4/c1-9-6-10(2-3-11(9)16)24-7-12(21)20-5-4-14(8-20,13(22)23)15(17,18)19/h2-3,6H,4-5,7-8H2,1H3,(H,22,23). The number of carboxylic acids is 1. The predicted molar refractivity (Wildman–Crippen MR) is 79.0 cm³/mol. The molecule has 0 saturated carbocycles. The van der Waals surface area contributed by atoms with E-state index in [9.17, 15) is 22.8 Å². The number of alkyl halides is 3. The quantitative estimate of drug-likeness (QED) is 0.891. The van der Waals surface area contributed by atoms with E-state index >= 15 is 0 Å². The van der Waals surface area contributed by atoms with Crippen molar-refractivity contribution in [1.82, 2.24) is 4.90 Å². The number of hydrogen-bond acceptors (Lipinski definition) is 3. The van der Waals surface area contributed by atoms with E-state index in [-0.39, 0.29) is 6.54 Å². The van der Waals surface area contributed by atoms with Gasteiger partial charge in [0.2, 0.25) is 0 Å². The van der Waals surface area contributed by atoms with Crippen LogP contribution in [0.25, 0.3) is 0 Å².